The maximum Gasteiger partial charge on any atom is 0.408 e. The highest BCUT2D eigenvalue weighted by Crippen LogP contribution is 2.01. The highest BCUT2D eigenvalue weighted by Gasteiger charge is 2.24. The van der Waals surface area contributed by atoms with Crippen LogP contribution in [-0.2, 0) is 20.9 Å². The van der Waals surface area contributed by atoms with E-state index in [1.807, 2.05) is 5.32 Å². The van der Waals surface area contributed by atoms with Crippen molar-refractivity contribution in [3.63, 3.8) is 0 Å². The number of carboxylic acid groups (broad SMARTS) is 1. The van der Waals surface area contributed by atoms with E-state index in [-0.39, 0.29) is 6.61 Å². The largest absolute Gasteiger partial charge is 0.480 e. The van der Waals surface area contributed by atoms with E-state index in [0.29, 0.717) is 0 Å². The number of hydrogen-bond acceptors (Lipinski definition) is 4. The molecule has 0 aromatic heterocycles. The van der Waals surface area contributed by atoms with Crippen LogP contribution in [0.2, 0.25) is 0 Å². The number of alkyl halides is 1. The van der Waals surface area contributed by atoms with Gasteiger partial charge in [-0.05, 0) is 12.5 Å². The van der Waals surface area contributed by atoms with Crippen molar-refractivity contribution in [3.05, 3.63) is 35.9 Å². The number of carboxylic acids is 1. The minimum atomic E-state index is -1.51. The minimum Gasteiger partial charge on any atom is -0.480 e. The van der Waals surface area contributed by atoms with Gasteiger partial charge in [-0.25, -0.2) is 9.18 Å². The number of carbonyl (C=O) groups excluding carboxylic acids is 2. The van der Waals surface area contributed by atoms with Crippen molar-refractivity contribution in [1.82, 2.24) is 10.6 Å². The fraction of sp³-hybridized carbons (Fsp3) is 0.357. The molecule has 0 spiro atoms. The van der Waals surface area contributed by atoms with Crippen LogP contribution in [0.15, 0.2) is 30.3 Å². The van der Waals surface area contributed by atoms with E-state index in [9.17, 15) is 18.8 Å². The van der Waals surface area contributed by atoms with Gasteiger partial charge in [0.05, 0.1) is 0 Å². The smallest absolute Gasteiger partial charge is 0.408 e. The molecule has 0 saturated carbocycles. The van der Waals surface area contributed by atoms with E-state index in [1.54, 1.807) is 30.3 Å². The van der Waals surface area contributed by atoms with Crippen molar-refractivity contribution < 1.29 is 28.6 Å². The van der Waals surface area contributed by atoms with Gasteiger partial charge in [0.25, 0.3) is 0 Å². The van der Waals surface area contributed by atoms with Crippen LogP contribution in [0.3, 0.4) is 0 Å². The molecule has 8 heteroatoms. The number of halogens is 1. The summed E-state index contributed by atoms with van der Waals surface area (Å²) in [7, 11) is 0. The standard InChI is InChI=1S/C14H17FN2O5/c1-9(13(19)20)16-12(18)11(7-15)17-14(21)22-8-10-5-3-2-4-6-10/h2-6,9,11H,7-8H2,1H3,(H,16,18)(H,17,21)(H,19,20)/t9-,11+/m0/s1. The van der Waals surface area contributed by atoms with Gasteiger partial charge in [-0.2, -0.15) is 0 Å². The van der Waals surface area contributed by atoms with Gasteiger partial charge >= 0.3 is 12.1 Å². The third kappa shape index (κ3) is 5.78. The van der Waals surface area contributed by atoms with Crippen molar-refractivity contribution >= 4 is 18.0 Å². The lowest BCUT2D eigenvalue weighted by Gasteiger charge is -2.17. The average Bonchev–Trinajstić information content (AvgIpc) is 2.51. The molecule has 1 aromatic rings. The number of aliphatic carboxylic acids is 1. The molecule has 0 radical (unpaired) electrons. The average molecular weight is 312 g/mol. The van der Waals surface area contributed by atoms with Crippen LogP contribution in [0.4, 0.5) is 9.18 Å². The number of carbonyl (C=O) groups is 3. The third-order valence-corrected chi connectivity index (χ3v) is 2.70. The fourth-order valence-electron chi connectivity index (χ4n) is 1.46. The number of benzene rings is 1. The molecule has 0 unspecified atom stereocenters. The maximum absolute atomic E-state index is 12.8. The normalized spacial score (nSPS) is 12.8. The van der Waals surface area contributed by atoms with Crippen LogP contribution in [0.1, 0.15) is 12.5 Å². The summed E-state index contributed by atoms with van der Waals surface area (Å²) >= 11 is 0. The second-order valence-electron chi connectivity index (χ2n) is 4.48. The van der Waals surface area contributed by atoms with Gasteiger partial charge < -0.3 is 20.5 Å². The molecule has 0 bridgehead atoms. The Hall–Kier alpha value is -2.64. The molecular weight excluding hydrogens is 295 g/mol. The second kappa shape index (κ2) is 8.60. The lowest BCUT2D eigenvalue weighted by Crippen LogP contribution is -2.51. The molecule has 0 aliphatic heterocycles. The number of rotatable bonds is 7. The second-order valence-corrected chi connectivity index (χ2v) is 4.48. The van der Waals surface area contributed by atoms with Crippen molar-refractivity contribution in [1.29, 1.82) is 0 Å². The van der Waals surface area contributed by atoms with Gasteiger partial charge in [-0.3, -0.25) is 9.59 Å². The van der Waals surface area contributed by atoms with Crippen LogP contribution in [0.25, 0.3) is 0 Å². The third-order valence-electron chi connectivity index (χ3n) is 2.70. The summed E-state index contributed by atoms with van der Waals surface area (Å²) in [4.78, 5) is 33.7. The van der Waals surface area contributed by atoms with E-state index in [2.05, 4.69) is 5.32 Å². The predicted molar refractivity (Wildman–Crippen MR) is 74.8 cm³/mol. The molecule has 1 aromatic carbocycles. The first-order valence-corrected chi connectivity index (χ1v) is 6.50. The monoisotopic (exact) mass is 312 g/mol. The van der Waals surface area contributed by atoms with E-state index in [1.165, 1.54) is 6.92 Å². The zero-order valence-electron chi connectivity index (χ0n) is 11.9. The Morgan fingerprint density at radius 1 is 1.23 bits per heavy atom. The molecule has 3 N–H and O–H groups in total. The Kier molecular flexibility index (Phi) is 6.81. The van der Waals surface area contributed by atoms with Gasteiger partial charge in [0, 0.05) is 0 Å². The first-order chi connectivity index (χ1) is 10.4. The fourth-order valence-corrected chi connectivity index (χ4v) is 1.46. The number of hydrogen-bond donors (Lipinski definition) is 3. The summed E-state index contributed by atoms with van der Waals surface area (Å²) in [6.45, 7) is 0.0146. The SMILES string of the molecule is C[C@H](NC(=O)[C@@H](CF)NC(=O)OCc1ccccc1)C(=O)O. The molecule has 2 atom stereocenters. The van der Waals surface area contributed by atoms with Crippen LogP contribution in [-0.4, -0.2) is 41.8 Å². The topological polar surface area (TPSA) is 105 Å². The quantitative estimate of drug-likeness (QED) is 0.692. The van der Waals surface area contributed by atoms with Crippen LogP contribution in [0, 0.1) is 0 Å². The molecule has 0 saturated heterocycles. The van der Waals surface area contributed by atoms with Gasteiger partial charge in [0.1, 0.15) is 25.4 Å². The number of nitrogens with one attached hydrogen (secondary N) is 2. The molecule has 7 nitrogen and oxygen atoms in total. The van der Waals surface area contributed by atoms with Gasteiger partial charge in [-0.15, -0.1) is 0 Å². The summed E-state index contributed by atoms with van der Waals surface area (Å²) in [6.07, 6.45) is -0.968. The zero-order valence-corrected chi connectivity index (χ0v) is 11.9. The molecule has 0 aliphatic carbocycles. The first kappa shape index (κ1) is 17.4. The van der Waals surface area contributed by atoms with Crippen LogP contribution < -0.4 is 10.6 Å². The predicted octanol–water partition coefficient (Wildman–Crippen LogP) is 0.840. The Morgan fingerprint density at radius 3 is 2.41 bits per heavy atom. The highest BCUT2D eigenvalue weighted by atomic mass is 19.1. The molecule has 120 valence electrons. The Morgan fingerprint density at radius 2 is 1.86 bits per heavy atom. The van der Waals surface area contributed by atoms with Crippen molar-refractivity contribution in [2.45, 2.75) is 25.6 Å². The van der Waals surface area contributed by atoms with Gasteiger partial charge in [0.15, 0.2) is 0 Å². The highest BCUT2D eigenvalue weighted by molar-refractivity contribution is 5.89. The molecular formula is C14H17FN2O5. The number of alkyl carbamates (subject to hydrolysis) is 1. The Bertz CT molecular complexity index is 523. The Labute approximate surface area is 126 Å². The molecule has 0 fully saturated rings. The molecule has 1 rings (SSSR count). The summed E-state index contributed by atoms with van der Waals surface area (Å²) < 4.78 is 17.7. The van der Waals surface area contributed by atoms with Crippen molar-refractivity contribution in [3.8, 4) is 0 Å². The number of ether oxygens (including phenoxy) is 1. The van der Waals surface area contributed by atoms with E-state index < -0.39 is 36.7 Å². The van der Waals surface area contributed by atoms with Crippen molar-refractivity contribution in [2.75, 3.05) is 6.67 Å². The Balaban J connectivity index is 2.45. The van der Waals surface area contributed by atoms with E-state index in [4.69, 9.17) is 9.84 Å². The van der Waals surface area contributed by atoms with Crippen LogP contribution >= 0.6 is 0 Å². The maximum atomic E-state index is 12.8. The molecule has 0 heterocycles. The van der Waals surface area contributed by atoms with Crippen LogP contribution in [0.5, 0.6) is 0 Å². The lowest BCUT2D eigenvalue weighted by molar-refractivity contribution is -0.141. The van der Waals surface area contributed by atoms with E-state index in [0.717, 1.165) is 5.56 Å². The summed E-state index contributed by atoms with van der Waals surface area (Å²) in [5.41, 5.74) is 0.735. The van der Waals surface area contributed by atoms with Gasteiger partial charge in [-0.1, -0.05) is 30.3 Å². The van der Waals surface area contributed by atoms with E-state index >= 15 is 0 Å². The summed E-state index contributed by atoms with van der Waals surface area (Å²) in [5.74, 6) is -2.20. The summed E-state index contributed by atoms with van der Waals surface area (Å²) in [5, 5.41) is 12.8. The minimum absolute atomic E-state index is 0.0289. The molecule has 22 heavy (non-hydrogen) atoms. The molecule has 2 amide bonds. The number of amides is 2. The zero-order chi connectivity index (χ0) is 16.5. The summed E-state index contributed by atoms with van der Waals surface area (Å²) in [6, 6.07) is 6.11. The van der Waals surface area contributed by atoms with Gasteiger partial charge in [0.2, 0.25) is 5.91 Å². The first-order valence-electron chi connectivity index (χ1n) is 6.50. The van der Waals surface area contributed by atoms with Crippen molar-refractivity contribution in [2.24, 2.45) is 0 Å². The molecule has 0 aliphatic rings. The lowest BCUT2D eigenvalue weighted by atomic mass is 10.2.